The third-order valence-corrected chi connectivity index (χ3v) is 2.16. The van der Waals surface area contributed by atoms with Crippen molar-refractivity contribution in [1.29, 1.82) is 0 Å². The lowest BCUT2D eigenvalue weighted by molar-refractivity contribution is 0.451. The molecule has 0 saturated carbocycles. The summed E-state index contributed by atoms with van der Waals surface area (Å²) in [4.78, 5) is 0. The molecule has 0 aliphatic carbocycles. The molecule has 1 nitrogen and oxygen atoms in total. The lowest BCUT2D eigenvalue weighted by atomic mass is 10.2. The van der Waals surface area contributed by atoms with Gasteiger partial charge in [-0.25, -0.2) is 17.6 Å². The summed E-state index contributed by atoms with van der Waals surface area (Å²) in [6.45, 7) is 0. The van der Waals surface area contributed by atoms with Crippen LogP contribution in [0.5, 0.6) is 0 Å². The molecule has 0 aromatic heterocycles. The highest BCUT2D eigenvalue weighted by Gasteiger charge is 2.22. The fraction of sp³-hybridized carbons (Fsp3) is 0.143. The van der Waals surface area contributed by atoms with Crippen molar-refractivity contribution in [2.24, 2.45) is 0 Å². The molecule has 1 aromatic carbocycles. The Labute approximate surface area is 79.9 Å². The van der Waals surface area contributed by atoms with E-state index in [0.29, 0.717) is 0 Å². The van der Waals surface area contributed by atoms with Gasteiger partial charge in [0.05, 0.1) is 4.47 Å². The zero-order chi connectivity index (χ0) is 10.2. The number of nitrogens with one attached hydrogen (secondary N) is 1. The van der Waals surface area contributed by atoms with E-state index in [4.69, 9.17) is 0 Å². The van der Waals surface area contributed by atoms with Gasteiger partial charge in [-0.15, -0.1) is 0 Å². The topological polar surface area (TPSA) is 12.0 Å². The van der Waals surface area contributed by atoms with E-state index in [1.807, 2.05) is 5.32 Å². The lowest BCUT2D eigenvalue weighted by Gasteiger charge is -2.07. The zero-order valence-electron chi connectivity index (χ0n) is 6.39. The van der Waals surface area contributed by atoms with Crippen LogP contribution in [-0.2, 0) is 0 Å². The Balaban J connectivity index is 3.56. The maximum absolute atomic E-state index is 12.8. The molecule has 0 amide bonds. The van der Waals surface area contributed by atoms with Gasteiger partial charge in [0.15, 0.2) is 23.3 Å². The van der Waals surface area contributed by atoms with Gasteiger partial charge in [-0.3, -0.25) is 0 Å². The third-order valence-electron chi connectivity index (χ3n) is 1.46. The van der Waals surface area contributed by atoms with Crippen molar-refractivity contribution in [2.75, 3.05) is 12.4 Å². The first kappa shape index (κ1) is 10.3. The quantitative estimate of drug-likeness (QED) is 0.463. The Morgan fingerprint density at radius 2 is 1.31 bits per heavy atom. The average molecular weight is 258 g/mol. The Morgan fingerprint density at radius 1 is 0.923 bits per heavy atom. The van der Waals surface area contributed by atoms with E-state index in [9.17, 15) is 17.6 Å². The maximum Gasteiger partial charge on any atom is 0.186 e. The highest BCUT2D eigenvalue weighted by atomic mass is 79.9. The van der Waals surface area contributed by atoms with E-state index < -0.39 is 33.4 Å². The summed E-state index contributed by atoms with van der Waals surface area (Å²) in [5, 5.41) is 2.02. The van der Waals surface area contributed by atoms with E-state index in [-0.39, 0.29) is 0 Å². The van der Waals surface area contributed by atoms with Gasteiger partial charge in [-0.05, 0) is 15.9 Å². The second-order valence-corrected chi connectivity index (χ2v) is 2.99. The SMILES string of the molecule is CNc1c(F)c(F)c(Br)c(F)c1F. The molecule has 0 unspecified atom stereocenters. The summed E-state index contributed by atoms with van der Waals surface area (Å²) >= 11 is 2.39. The molecule has 0 radical (unpaired) electrons. The molecular formula is C7H4BrF4N. The molecule has 6 heteroatoms. The molecule has 72 valence electrons. The Morgan fingerprint density at radius 3 is 1.62 bits per heavy atom. The van der Waals surface area contributed by atoms with Gasteiger partial charge in [-0.1, -0.05) is 0 Å². The zero-order valence-corrected chi connectivity index (χ0v) is 7.98. The van der Waals surface area contributed by atoms with Crippen LogP contribution in [0.4, 0.5) is 23.2 Å². The molecule has 0 aliphatic heterocycles. The minimum atomic E-state index is -1.46. The first-order chi connectivity index (χ1) is 6.00. The van der Waals surface area contributed by atoms with Crippen LogP contribution in [0.2, 0.25) is 0 Å². The third kappa shape index (κ3) is 1.50. The standard InChI is InChI=1S/C7H4BrF4N/c1-13-7-5(11)3(9)2(8)4(10)6(7)12/h13H,1H3. The average Bonchev–Trinajstić information content (AvgIpc) is 2.13. The second-order valence-electron chi connectivity index (χ2n) is 2.19. The summed E-state index contributed by atoms with van der Waals surface area (Å²) in [6, 6.07) is 0. The largest absolute Gasteiger partial charge is 0.383 e. The molecule has 0 fully saturated rings. The van der Waals surface area contributed by atoms with Gasteiger partial charge in [0.2, 0.25) is 0 Å². The van der Waals surface area contributed by atoms with Gasteiger partial charge >= 0.3 is 0 Å². The number of benzene rings is 1. The molecule has 0 heterocycles. The van der Waals surface area contributed by atoms with Crippen molar-refractivity contribution >= 4 is 21.6 Å². The molecule has 0 atom stereocenters. The van der Waals surface area contributed by atoms with Crippen molar-refractivity contribution in [3.8, 4) is 0 Å². The predicted octanol–water partition coefficient (Wildman–Crippen LogP) is 3.05. The summed E-state index contributed by atoms with van der Waals surface area (Å²) in [5.41, 5.74) is -0.821. The predicted molar refractivity (Wildman–Crippen MR) is 43.5 cm³/mol. The number of anilines is 1. The van der Waals surface area contributed by atoms with E-state index in [2.05, 4.69) is 15.9 Å². The number of hydrogen-bond donors (Lipinski definition) is 1. The fourth-order valence-electron chi connectivity index (χ4n) is 0.824. The highest BCUT2D eigenvalue weighted by Crippen LogP contribution is 2.30. The molecule has 0 aliphatic rings. The van der Waals surface area contributed by atoms with Crippen LogP contribution in [0.15, 0.2) is 4.47 Å². The molecular weight excluding hydrogens is 254 g/mol. The van der Waals surface area contributed by atoms with Crippen molar-refractivity contribution < 1.29 is 17.6 Å². The van der Waals surface area contributed by atoms with Crippen LogP contribution in [0.3, 0.4) is 0 Å². The van der Waals surface area contributed by atoms with Crippen molar-refractivity contribution in [3.63, 3.8) is 0 Å². The lowest BCUT2D eigenvalue weighted by Crippen LogP contribution is -2.04. The van der Waals surface area contributed by atoms with E-state index >= 15 is 0 Å². The second kappa shape index (κ2) is 3.53. The van der Waals surface area contributed by atoms with Gasteiger partial charge < -0.3 is 5.32 Å². The van der Waals surface area contributed by atoms with Crippen LogP contribution >= 0.6 is 15.9 Å². The maximum atomic E-state index is 12.8. The van der Waals surface area contributed by atoms with Crippen LogP contribution in [0.1, 0.15) is 0 Å². The normalized spacial score (nSPS) is 10.3. The van der Waals surface area contributed by atoms with Gasteiger partial charge in [-0.2, -0.15) is 0 Å². The van der Waals surface area contributed by atoms with Gasteiger partial charge in [0.25, 0.3) is 0 Å². The van der Waals surface area contributed by atoms with Gasteiger partial charge in [0, 0.05) is 7.05 Å². The first-order valence-corrected chi connectivity index (χ1v) is 3.99. The molecule has 1 aromatic rings. The molecule has 13 heavy (non-hydrogen) atoms. The van der Waals surface area contributed by atoms with Crippen molar-refractivity contribution in [1.82, 2.24) is 0 Å². The summed E-state index contributed by atoms with van der Waals surface area (Å²) < 4.78 is 50.3. The Bertz CT molecular complexity index is 324. The smallest absolute Gasteiger partial charge is 0.186 e. The van der Waals surface area contributed by atoms with Crippen LogP contribution < -0.4 is 5.32 Å². The Hall–Kier alpha value is -0.780. The molecule has 1 rings (SSSR count). The molecule has 0 bridgehead atoms. The van der Waals surface area contributed by atoms with E-state index in [1.54, 1.807) is 0 Å². The number of rotatable bonds is 1. The summed E-state index contributed by atoms with van der Waals surface area (Å²) in [7, 11) is 1.16. The van der Waals surface area contributed by atoms with Crippen molar-refractivity contribution in [3.05, 3.63) is 27.7 Å². The van der Waals surface area contributed by atoms with Crippen LogP contribution in [0.25, 0.3) is 0 Å². The summed E-state index contributed by atoms with van der Waals surface area (Å²) in [5.74, 6) is -5.81. The first-order valence-electron chi connectivity index (χ1n) is 3.19. The minimum absolute atomic E-state index is 0.821. The number of hydrogen-bond acceptors (Lipinski definition) is 1. The molecule has 0 saturated heterocycles. The highest BCUT2D eigenvalue weighted by molar-refractivity contribution is 9.10. The van der Waals surface area contributed by atoms with E-state index in [1.165, 1.54) is 0 Å². The monoisotopic (exact) mass is 257 g/mol. The molecule has 1 N–H and O–H groups in total. The minimum Gasteiger partial charge on any atom is -0.383 e. The fourth-order valence-corrected chi connectivity index (χ4v) is 1.17. The van der Waals surface area contributed by atoms with E-state index in [0.717, 1.165) is 7.05 Å². The van der Waals surface area contributed by atoms with Crippen LogP contribution in [-0.4, -0.2) is 7.05 Å². The van der Waals surface area contributed by atoms with Crippen molar-refractivity contribution in [2.45, 2.75) is 0 Å². The number of halogens is 5. The summed E-state index contributed by atoms with van der Waals surface area (Å²) in [6.07, 6.45) is 0. The van der Waals surface area contributed by atoms with Crippen LogP contribution in [0, 0.1) is 23.3 Å². The molecule has 0 spiro atoms. The Kier molecular flexibility index (Phi) is 2.80. The van der Waals surface area contributed by atoms with Gasteiger partial charge in [0.1, 0.15) is 5.69 Å².